The van der Waals surface area contributed by atoms with Gasteiger partial charge in [-0.05, 0) is 78.8 Å². The van der Waals surface area contributed by atoms with E-state index in [1.807, 2.05) is 36.4 Å². The van der Waals surface area contributed by atoms with Crippen molar-refractivity contribution in [2.45, 2.75) is 22.6 Å². The number of anilines is 2. The Kier molecular flexibility index (Phi) is 7.34. The number of nitrogens with zero attached hydrogens (tertiary/aromatic N) is 1. The molecule has 3 heterocycles. The third kappa shape index (κ3) is 4.72. The lowest BCUT2D eigenvalue weighted by atomic mass is 9.68. The van der Waals surface area contributed by atoms with Crippen molar-refractivity contribution in [3.05, 3.63) is 97.4 Å². The van der Waals surface area contributed by atoms with Gasteiger partial charge in [-0.15, -0.1) is 11.8 Å². The van der Waals surface area contributed by atoms with Crippen molar-refractivity contribution in [1.29, 1.82) is 0 Å². The van der Waals surface area contributed by atoms with Gasteiger partial charge in [-0.25, -0.2) is 0 Å². The minimum Gasteiger partial charge on any atom is -0.497 e. The highest BCUT2D eigenvalue weighted by atomic mass is 79.9. The number of amides is 3. The van der Waals surface area contributed by atoms with Crippen LogP contribution in [-0.4, -0.2) is 41.7 Å². The quantitative estimate of drug-likeness (QED) is 0.229. The van der Waals surface area contributed by atoms with Crippen LogP contribution in [0.4, 0.5) is 11.4 Å². The van der Waals surface area contributed by atoms with Crippen LogP contribution < -0.4 is 24.6 Å². The number of aromatic amines is 1. The Labute approximate surface area is 280 Å². The summed E-state index contributed by atoms with van der Waals surface area (Å²) in [4.78, 5) is 58.7. The van der Waals surface area contributed by atoms with Crippen LogP contribution in [0.1, 0.15) is 22.8 Å². The Balaban J connectivity index is 1.10. The van der Waals surface area contributed by atoms with E-state index in [-0.39, 0.29) is 64.0 Å². The molecule has 4 aliphatic rings. The average molecular weight is 719 g/mol. The van der Waals surface area contributed by atoms with Crippen molar-refractivity contribution < 1.29 is 23.9 Å². The van der Waals surface area contributed by atoms with Gasteiger partial charge in [0, 0.05) is 31.8 Å². The highest BCUT2D eigenvalue weighted by molar-refractivity contribution is 9.10. The predicted octanol–water partition coefficient (Wildman–Crippen LogP) is 5.90. The van der Waals surface area contributed by atoms with E-state index in [0.29, 0.717) is 22.9 Å². The largest absolute Gasteiger partial charge is 0.497 e. The smallest absolute Gasteiger partial charge is 0.305 e. The molecular weight excluding hydrogens is 690 g/mol. The molecule has 234 valence electrons. The maximum atomic E-state index is 14.0. The van der Waals surface area contributed by atoms with Crippen molar-refractivity contribution in [2.75, 3.05) is 23.9 Å². The minimum atomic E-state index is -0.411. The zero-order valence-electron chi connectivity index (χ0n) is 24.5. The SMILES string of the molecule is COc1ccc(NC(=O)COc2ccccc2[C@H]2c3sc(=O)[nH]c3SC3C4CC(C5C(=O)N(c6ccc(Br)cc6)C(=O)C45)C32)cc1. The lowest BCUT2D eigenvalue weighted by molar-refractivity contribution is -0.123. The highest BCUT2D eigenvalue weighted by Gasteiger charge is 2.69. The van der Waals surface area contributed by atoms with E-state index in [2.05, 4.69) is 26.2 Å². The van der Waals surface area contributed by atoms with Crippen LogP contribution >= 0.6 is 39.0 Å². The fourth-order valence-corrected chi connectivity index (χ4v) is 11.2. The summed E-state index contributed by atoms with van der Waals surface area (Å²) >= 11 is 6.27. The number of fused-ring (bicyclic) bond motifs is 9. The van der Waals surface area contributed by atoms with Gasteiger partial charge in [0.05, 0.1) is 29.7 Å². The fraction of sp³-hybridized carbons (Fsp3) is 0.294. The molecule has 0 spiro atoms. The van der Waals surface area contributed by atoms with Crippen molar-refractivity contribution in [3.8, 4) is 11.5 Å². The van der Waals surface area contributed by atoms with Crippen molar-refractivity contribution >= 4 is 68.1 Å². The van der Waals surface area contributed by atoms with Gasteiger partial charge in [0.15, 0.2) is 6.61 Å². The lowest BCUT2D eigenvalue weighted by Crippen LogP contribution is -2.42. The number of carbonyl (C=O) groups is 3. The summed E-state index contributed by atoms with van der Waals surface area (Å²) in [7, 11) is 1.58. The number of hydrogen-bond acceptors (Lipinski definition) is 8. The van der Waals surface area contributed by atoms with Gasteiger partial charge in [0.2, 0.25) is 11.8 Å². The van der Waals surface area contributed by atoms with Crippen LogP contribution in [0.25, 0.3) is 0 Å². The molecule has 2 N–H and O–H groups in total. The zero-order chi connectivity index (χ0) is 31.7. The summed E-state index contributed by atoms with van der Waals surface area (Å²) in [6, 6.07) is 22.0. The molecule has 1 saturated heterocycles. The molecule has 3 aromatic carbocycles. The molecule has 4 aromatic rings. The third-order valence-corrected chi connectivity index (χ3v) is 12.9. The summed E-state index contributed by atoms with van der Waals surface area (Å²) in [6.45, 7) is -0.208. The van der Waals surface area contributed by atoms with Gasteiger partial charge < -0.3 is 19.8 Å². The number of imide groups is 1. The van der Waals surface area contributed by atoms with E-state index in [1.54, 1.807) is 55.3 Å². The first kappa shape index (κ1) is 29.5. The molecule has 7 atom stereocenters. The van der Waals surface area contributed by atoms with Gasteiger partial charge in [0.25, 0.3) is 5.91 Å². The van der Waals surface area contributed by atoms with Gasteiger partial charge in [0.1, 0.15) is 11.5 Å². The molecule has 46 heavy (non-hydrogen) atoms. The summed E-state index contributed by atoms with van der Waals surface area (Å²) in [5, 5.41) is 3.71. The molecule has 2 aliphatic heterocycles. The Morgan fingerprint density at radius 1 is 0.978 bits per heavy atom. The molecule has 3 fully saturated rings. The Bertz CT molecular complexity index is 1930. The molecule has 9 nitrogen and oxygen atoms in total. The number of rotatable bonds is 7. The maximum absolute atomic E-state index is 14.0. The lowest BCUT2D eigenvalue weighted by Gasteiger charge is -2.43. The van der Waals surface area contributed by atoms with Crippen molar-refractivity contribution in [3.63, 3.8) is 0 Å². The monoisotopic (exact) mass is 717 g/mol. The van der Waals surface area contributed by atoms with Gasteiger partial charge in [-0.2, -0.15) is 0 Å². The van der Waals surface area contributed by atoms with E-state index in [9.17, 15) is 19.2 Å². The molecular formula is C34H28BrN3O6S2. The van der Waals surface area contributed by atoms with Crippen LogP contribution in [0.2, 0.25) is 0 Å². The number of aromatic nitrogens is 1. The summed E-state index contributed by atoms with van der Waals surface area (Å²) < 4.78 is 12.2. The van der Waals surface area contributed by atoms with E-state index in [0.717, 1.165) is 26.4 Å². The normalized spacial score (nSPS) is 27.3. The number of ether oxygens (including phenoxy) is 2. The van der Waals surface area contributed by atoms with Crippen LogP contribution in [0, 0.1) is 29.6 Å². The number of benzene rings is 3. The summed E-state index contributed by atoms with van der Waals surface area (Å²) in [6.07, 6.45) is 0.784. The first-order valence-corrected chi connectivity index (χ1v) is 17.5. The van der Waals surface area contributed by atoms with E-state index in [4.69, 9.17) is 9.47 Å². The van der Waals surface area contributed by atoms with Crippen LogP contribution in [0.3, 0.4) is 0 Å². The molecule has 0 radical (unpaired) electrons. The fourth-order valence-electron chi connectivity index (χ4n) is 8.09. The van der Waals surface area contributed by atoms with Gasteiger partial charge in [-0.1, -0.05) is 45.5 Å². The topological polar surface area (TPSA) is 118 Å². The second-order valence-corrected chi connectivity index (χ2v) is 15.2. The number of thiazole rings is 1. The average Bonchev–Trinajstić information content (AvgIpc) is 3.80. The van der Waals surface area contributed by atoms with Crippen molar-refractivity contribution in [2.24, 2.45) is 29.6 Å². The molecule has 1 aromatic heterocycles. The second kappa shape index (κ2) is 11.4. The minimum absolute atomic E-state index is 0.00399. The molecule has 2 bridgehead atoms. The number of thioether (sulfide) groups is 1. The number of hydrogen-bond donors (Lipinski definition) is 2. The first-order chi connectivity index (χ1) is 22.3. The van der Waals surface area contributed by atoms with Crippen LogP contribution in [0.5, 0.6) is 11.5 Å². The Morgan fingerprint density at radius 2 is 1.70 bits per heavy atom. The second-order valence-electron chi connectivity index (χ2n) is 12.1. The molecule has 2 aliphatic carbocycles. The van der Waals surface area contributed by atoms with E-state index >= 15 is 0 Å². The highest BCUT2D eigenvalue weighted by Crippen LogP contribution is 2.69. The number of para-hydroxylation sites is 1. The third-order valence-electron chi connectivity index (χ3n) is 9.80. The molecule has 12 heteroatoms. The summed E-state index contributed by atoms with van der Waals surface area (Å²) in [5.74, 6) is -0.375. The van der Waals surface area contributed by atoms with Crippen LogP contribution in [-0.2, 0) is 14.4 Å². The van der Waals surface area contributed by atoms with Crippen molar-refractivity contribution in [1.82, 2.24) is 4.98 Å². The Hall–Kier alpha value is -3.87. The number of halogens is 1. The first-order valence-electron chi connectivity index (χ1n) is 15.0. The summed E-state index contributed by atoms with van der Waals surface area (Å²) in [5.41, 5.74) is 2.09. The van der Waals surface area contributed by atoms with Gasteiger partial charge >= 0.3 is 4.87 Å². The molecule has 3 amide bonds. The molecule has 8 rings (SSSR count). The van der Waals surface area contributed by atoms with E-state index in [1.165, 1.54) is 16.2 Å². The standard InChI is InChI=1S/C34H28BrN3O6S2/c1-43-19-12-8-17(9-13-19)36-24(39)15-44-23-5-3-2-4-20(23)25-26-21-14-22(29(26)45-31-30(25)46-34(42)37-31)28-27(21)32(40)38(33(28)41)18-10-6-16(35)7-11-18/h2-13,21-22,25-29H,14-15H2,1H3,(H,36,39)(H,37,42)/t21?,22?,25-,26?,27?,28?,29?/m1/s1. The number of nitrogens with one attached hydrogen (secondary N) is 2. The van der Waals surface area contributed by atoms with E-state index < -0.39 is 5.92 Å². The number of carbonyl (C=O) groups excluding carboxylic acids is 3. The predicted molar refractivity (Wildman–Crippen MR) is 179 cm³/mol. The Morgan fingerprint density at radius 3 is 2.43 bits per heavy atom. The zero-order valence-corrected chi connectivity index (χ0v) is 27.7. The molecule has 6 unspecified atom stereocenters. The van der Waals surface area contributed by atoms with Crippen LogP contribution in [0.15, 0.2) is 87.1 Å². The number of methoxy groups -OCH3 is 1. The van der Waals surface area contributed by atoms with Gasteiger partial charge in [-0.3, -0.25) is 24.1 Å². The maximum Gasteiger partial charge on any atom is 0.305 e. The molecule has 2 saturated carbocycles. The number of H-pyrrole nitrogens is 1.